The quantitative estimate of drug-likeness (QED) is 0.639. The molecule has 21 heavy (non-hydrogen) atoms. The monoisotopic (exact) mass is 286 g/mol. The van der Waals surface area contributed by atoms with Gasteiger partial charge in [0.05, 0.1) is 18.1 Å². The van der Waals surface area contributed by atoms with Gasteiger partial charge in [-0.1, -0.05) is 25.1 Å². The summed E-state index contributed by atoms with van der Waals surface area (Å²) >= 11 is 0. The van der Waals surface area contributed by atoms with Gasteiger partial charge in [-0.2, -0.15) is 0 Å². The Kier molecular flexibility index (Phi) is 4.77. The molecule has 0 aliphatic rings. The van der Waals surface area contributed by atoms with Gasteiger partial charge in [-0.25, -0.2) is 0 Å². The third-order valence-electron chi connectivity index (χ3n) is 3.32. The van der Waals surface area contributed by atoms with E-state index in [1.165, 1.54) is 6.07 Å². The molecular formula is C16H18N2O3. The SMILES string of the molecule is CCC(Nc1cccc([N+](=O)[O-])c1)c1ccc(OC)cc1. The second-order valence-electron chi connectivity index (χ2n) is 4.69. The highest BCUT2D eigenvalue weighted by Crippen LogP contribution is 2.26. The lowest BCUT2D eigenvalue weighted by Gasteiger charge is -2.19. The summed E-state index contributed by atoms with van der Waals surface area (Å²) in [5.74, 6) is 0.809. The lowest BCUT2D eigenvalue weighted by molar-refractivity contribution is -0.384. The van der Waals surface area contributed by atoms with E-state index >= 15 is 0 Å². The van der Waals surface area contributed by atoms with Crippen LogP contribution in [0.5, 0.6) is 5.75 Å². The normalized spacial score (nSPS) is 11.7. The van der Waals surface area contributed by atoms with Crippen molar-refractivity contribution in [2.75, 3.05) is 12.4 Å². The number of anilines is 1. The minimum absolute atomic E-state index is 0.0876. The Labute approximate surface area is 123 Å². The number of benzene rings is 2. The van der Waals surface area contributed by atoms with Crippen LogP contribution >= 0.6 is 0 Å². The van der Waals surface area contributed by atoms with Crippen LogP contribution in [0.1, 0.15) is 24.9 Å². The number of hydrogen-bond acceptors (Lipinski definition) is 4. The Morgan fingerprint density at radius 3 is 2.52 bits per heavy atom. The summed E-state index contributed by atoms with van der Waals surface area (Å²) in [4.78, 5) is 10.4. The second-order valence-corrected chi connectivity index (χ2v) is 4.69. The first-order valence-corrected chi connectivity index (χ1v) is 6.79. The van der Waals surface area contributed by atoms with Crippen LogP contribution in [0.15, 0.2) is 48.5 Å². The maximum absolute atomic E-state index is 10.8. The zero-order valence-corrected chi connectivity index (χ0v) is 12.1. The van der Waals surface area contributed by atoms with E-state index in [1.54, 1.807) is 19.2 Å². The van der Waals surface area contributed by atoms with Gasteiger partial charge in [0.25, 0.3) is 5.69 Å². The third-order valence-corrected chi connectivity index (χ3v) is 3.32. The molecule has 2 aromatic carbocycles. The summed E-state index contributed by atoms with van der Waals surface area (Å²) in [6.07, 6.45) is 0.870. The van der Waals surface area contributed by atoms with Gasteiger partial charge in [0.1, 0.15) is 5.75 Å². The van der Waals surface area contributed by atoms with Crippen LogP contribution in [0, 0.1) is 10.1 Å². The van der Waals surface area contributed by atoms with Gasteiger partial charge < -0.3 is 10.1 Å². The molecule has 0 aliphatic heterocycles. The molecule has 0 heterocycles. The lowest BCUT2D eigenvalue weighted by atomic mass is 10.0. The summed E-state index contributed by atoms with van der Waals surface area (Å²) in [6, 6.07) is 14.5. The van der Waals surface area contributed by atoms with Crippen LogP contribution < -0.4 is 10.1 Å². The van der Waals surface area contributed by atoms with Crippen molar-refractivity contribution in [2.45, 2.75) is 19.4 Å². The number of nitrogens with zero attached hydrogens (tertiary/aromatic N) is 1. The standard InChI is InChI=1S/C16H18N2O3/c1-3-16(12-7-9-15(21-2)10-8-12)17-13-5-4-6-14(11-13)18(19)20/h4-11,16-17H,3H2,1-2H3. The molecule has 0 spiro atoms. The summed E-state index contributed by atoms with van der Waals surface area (Å²) in [7, 11) is 1.63. The molecule has 0 bridgehead atoms. The van der Waals surface area contributed by atoms with Gasteiger partial charge in [-0.05, 0) is 30.2 Å². The van der Waals surface area contributed by atoms with E-state index in [0.717, 1.165) is 23.4 Å². The lowest BCUT2D eigenvalue weighted by Crippen LogP contribution is -2.09. The molecule has 0 amide bonds. The number of rotatable bonds is 6. The van der Waals surface area contributed by atoms with Crippen molar-refractivity contribution in [3.05, 3.63) is 64.2 Å². The summed E-state index contributed by atoms with van der Waals surface area (Å²) in [5, 5.41) is 14.1. The second kappa shape index (κ2) is 6.74. The Balaban J connectivity index is 2.18. The van der Waals surface area contributed by atoms with Gasteiger partial charge >= 0.3 is 0 Å². The molecule has 1 unspecified atom stereocenters. The molecule has 0 saturated carbocycles. The van der Waals surface area contributed by atoms with Gasteiger partial charge in [-0.15, -0.1) is 0 Å². The van der Waals surface area contributed by atoms with E-state index in [4.69, 9.17) is 4.74 Å². The Hall–Kier alpha value is -2.56. The van der Waals surface area contributed by atoms with Gasteiger partial charge in [0.2, 0.25) is 0 Å². The van der Waals surface area contributed by atoms with Crippen LogP contribution in [0.4, 0.5) is 11.4 Å². The fourth-order valence-corrected chi connectivity index (χ4v) is 2.17. The Bertz CT molecular complexity index is 611. The number of nitro groups is 1. The van der Waals surface area contributed by atoms with Crippen molar-refractivity contribution in [3.63, 3.8) is 0 Å². The van der Waals surface area contributed by atoms with Crippen LogP contribution in [-0.2, 0) is 0 Å². The molecule has 5 nitrogen and oxygen atoms in total. The summed E-state index contributed by atoms with van der Waals surface area (Å²) in [6.45, 7) is 2.07. The van der Waals surface area contributed by atoms with E-state index in [1.807, 2.05) is 30.3 Å². The minimum atomic E-state index is -0.389. The number of ether oxygens (including phenoxy) is 1. The number of methoxy groups -OCH3 is 1. The van der Waals surface area contributed by atoms with E-state index < -0.39 is 0 Å². The number of nitro benzene ring substituents is 1. The van der Waals surface area contributed by atoms with Crippen molar-refractivity contribution >= 4 is 11.4 Å². The van der Waals surface area contributed by atoms with Crippen LogP contribution in [0.2, 0.25) is 0 Å². The first-order chi connectivity index (χ1) is 10.1. The summed E-state index contributed by atoms with van der Waals surface area (Å²) < 4.78 is 5.15. The van der Waals surface area contributed by atoms with Crippen molar-refractivity contribution < 1.29 is 9.66 Å². The van der Waals surface area contributed by atoms with Gasteiger partial charge in [0.15, 0.2) is 0 Å². The molecule has 2 aromatic rings. The molecule has 1 N–H and O–H groups in total. The minimum Gasteiger partial charge on any atom is -0.497 e. The van der Waals surface area contributed by atoms with Crippen LogP contribution in [0.3, 0.4) is 0 Å². The average Bonchev–Trinajstić information content (AvgIpc) is 2.53. The smallest absolute Gasteiger partial charge is 0.271 e. The molecule has 0 radical (unpaired) electrons. The van der Waals surface area contributed by atoms with Crippen molar-refractivity contribution in [2.24, 2.45) is 0 Å². The zero-order chi connectivity index (χ0) is 15.2. The molecular weight excluding hydrogens is 268 g/mol. The first kappa shape index (κ1) is 14.8. The number of hydrogen-bond donors (Lipinski definition) is 1. The number of non-ortho nitro benzene ring substituents is 1. The number of nitrogens with one attached hydrogen (secondary N) is 1. The van der Waals surface area contributed by atoms with Gasteiger partial charge in [-0.3, -0.25) is 10.1 Å². The molecule has 110 valence electrons. The van der Waals surface area contributed by atoms with E-state index in [9.17, 15) is 10.1 Å². The zero-order valence-electron chi connectivity index (χ0n) is 12.1. The van der Waals surface area contributed by atoms with Crippen molar-refractivity contribution in [3.8, 4) is 5.75 Å². The average molecular weight is 286 g/mol. The molecule has 2 rings (SSSR count). The van der Waals surface area contributed by atoms with Crippen molar-refractivity contribution in [1.82, 2.24) is 0 Å². The fraction of sp³-hybridized carbons (Fsp3) is 0.250. The maximum atomic E-state index is 10.8. The predicted molar refractivity (Wildman–Crippen MR) is 82.7 cm³/mol. The maximum Gasteiger partial charge on any atom is 0.271 e. The Morgan fingerprint density at radius 1 is 1.24 bits per heavy atom. The largest absolute Gasteiger partial charge is 0.497 e. The predicted octanol–water partition coefficient (Wildman–Crippen LogP) is 4.17. The highest BCUT2D eigenvalue weighted by Gasteiger charge is 2.11. The van der Waals surface area contributed by atoms with E-state index in [-0.39, 0.29) is 16.7 Å². The highest BCUT2D eigenvalue weighted by molar-refractivity contribution is 5.52. The molecule has 1 atom stereocenters. The summed E-state index contributed by atoms with van der Waals surface area (Å²) in [5.41, 5.74) is 1.95. The highest BCUT2D eigenvalue weighted by atomic mass is 16.6. The van der Waals surface area contributed by atoms with E-state index in [0.29, 0.717) is 0 Å². The fourth-order valence-electron chi connectivity index (χ4n) is 2.17. The molecule has 5 heteroatoms. The van der Waals surface area contributed by atoms with E-state index in [2.05, 4.69) is 12.2 Å². The van der Waals surface area contributed by atoms with Crippen LogP contribution in [0.25, 0.3) is 0 Å². The first-order valence-electron chi connectivity index (χ1n) is 6.79. The molecule has 0 saturated heterocycles. The topological polar surface area (TPSA) is 64.4 Å². The third kappa shape index (κ3) is 3.72. The van der Waals surface area contributed by atoms with Crippen molar-refractivity contribution in [1.29, 1.82) is 0 Å². The Morgan fingerprint density at radius 2 is 1.95 bits per heavy atom. The molecule has 0 aromatic heterocycles. The van der Waals surface area contributed by atoms with Crippen LogP contribution in [-0.4, -0.2) is 12.0 Å². The van der Waals surface area contributed by atoms with Gasteiger partial charge in [0, 0.05) is 17.8 Å². The molecule has 0 aliphatic carbocycles. The molecule has 0 fully saturated rings.